The molecule has 24 valence electrons. The summed E-state index contributed by atoms with van der Waals surface area (Å²) in [5.41, 5.74) is 0. The zero-order chi connectivity index (χ0) is 2.71. The summed E-state index contributed by atoms with van der Waals surface area (Å²) in [7, 11) is 0. The Kier molecular flexibility index (Phi) is 26.3. The van der Waals surface area contributed by atoms with Gasteiger partial charge in [-0.25, -0.2) is 0 Å². The molecular weight excluding hydrogens is 116 g/mol. The monoisotopic (exact) mass is 119 g/mol. The molecule has 0 aliphatic carbocycles. The molecule has 0 aromatic rings. The Hall–Kier alpha value is 0.0364. The summed E-state index contributed by atoms with van der Waals surface area (Å²) in [6.07, 6.45) is 0. The predicted molar refractivity (Wildman–Crippen MR) is 17.6 cm³/mol. The molecule has 0 spiro atoms. The van der Waals surface area contributed by atoms with E-state index in [1.54, 1.807) is 0 Å². The molecule has 4 heteroatoms. The molecule has 0 fully saturated rings. The SMILES string of the molecule is O=[NH+][O-].[GaH3]. The third kappa shape index (κ3) is 1650. The molecule has 0 atom stereocenters. The average Bonchev–Trinajstić information content (AvgIpc) is 0.918. The number of nitrogens with one attached hydrogen (secondary N) is 1. The molecule has 0 aromatic heterocycles. The standard InChI is InChI=1S/Ga.HNO2.3H/c;2-1-3;;;/h;1H;;;. The third-order valence-corrected chi connectivity index (χ3v) is 0. The second kappa shape index (κ2) is 11.7. The van der Waals surface area contributed by atoms with Crippen molar-refractivity contribution >= 4 is 19.8 Å². The minimum atomic E-state index is 0. The van der Waals surface area contributed by atoms with Crippen LogP contribution in [0.2, 0.25) is 0 Å². The van der Waals surface area contributed by atoms with E-state index in [0.29, 0.717) is 0 Å². The van der Waals surface area contributed by atoms with Crippen molar-refractivity contribution in [1.82, 2.24) is 0 Å². The van der Waals surface area contributed by atoms with Crippen LogP contribution >= 0.6 is 0 Å². The van der Waals surface area contributed by atoms with Crippen molar-refractivity contribution < 1.29 is 5.34 Å². The molecule has 0 aromatic carbocycles. The normalized spacial score (nSPS) is 3.00. The van der Waals surface area contributed by atoms with Crippen molar-refractivity contribution in [1.29, 1.82) is 0 Å². The molecule has 0 unspecified atom stereocenters. The van der Waals surface area contributed by atoms with Crippen LogP contribution in [-0.4, -0.2) is 19.8 Å². The van der Waals surface area contributed by atoms with Gasteiger partial charge < -0.3 is 0 Å². The second-order valence-electron chi connectivity index (χ2n) is 0.0833. The van der Waals surface area contributed by atoms with Gasteiger partial charge in [-0.15, -0.1) is 0 Å². The van der Waals surface area contributed by atoms with Crippen LogP contribution in [0.1, 0.15) is 0 Å². The summed E-state index contributed by atoms with van der Waals surface area (Å²) in [4.78, 5) is 8.12. The zero-order valence-corrected chi connectivity index (χ0v) is 1.32. The van der Waals surface area contributed by atoms with Crippen LogP contribution in [0.15, 0.2) is 0 Å². The number of hydrogen-bond donors (Lipinski definition) is 1. The van der Waals surface area contributed by atoms with E-state index < -0.39 is 0 Å². The quantitative estimate of drug-likeness (QED) is 0.212. The maximum atomic E-state index is 8.12. The molecule has 0 bridgehead atoms. The van der Waals surface area contributed by atoms with Crippen molar-refractivity contribution in [2.24, 2.45) is 0 Å². The Morgan fingerprint density at radius 3 is 1.75 bits per heavy atom. The third-order valence-electron chi connectivity index (χ3n) is 0. The summed E-state index contributed by atoms with van der Waals surface area (Å²) in [5.74, 6) is 0. The van der Waals surface area contributed by atoms with Crippen molar-refractivity contribution in [3.63, 3.8) is 0 Å². The predicted octanol–water partition coefficient (Wildman–Crippen LogP) is -2.85. The molecule has 1 N–H and O–H groups in total. The molecule has 0 aliphatic rings. The van der Waals surface area contributed by atoms with Gasteiger partial charge in [0.25, 0.3) is 0 Å². The van der Waals surface area contributed by atoms with Gasteiger partial charge in [-0.1, -0.05) is 0 Å². The van der Waals surface area contributed by atoms with E-state index in [9.17, 15) is 0 Å². The zero-order valence-electron chi connectivity index (χ0n) is 1.32. The molecule has 0 aliphatic heterocycles. The number of hydrogen-bond acceptors (Lipinski definition) is 2. The fourth-order valence-electron chi connectivity index (χ4n) is 0. The number of rotatable bonds is 0. The Morgan fingerprint density at radius 2 is 1.75 bits per heavy atom. The first kappa shape index (κ1) is 8.97. The van der Waals surface area contributed by atoms with Gasteiger partial charge in [0.15, 0.2) is 0 Å². The fourth-order valence-corrected chi connectivity index (χ4v) is 0. The van der Waals surface area contributed by atoms with Crippen LogP contribution in [0.3, 0.4) is 0 Å². The Bertz CT molecular complexity index is 13.5. The summed E-state index contributed by atoms with van der Waals surface area (Å²) in [6, 6.07) is 0. The van der Waals surface area contributed by atoms with E-state index >= 15 is 0 Å². The molecule has 0 saturated carbocycles. The van der Waals surface area contributed by atoms with E-state index in [2.05, 4.69) is 0 Å². The van der Waals surface area contributed by atoms with Crippen LogP contribution in [0.4, 0.5) is 0 Å². The van der Waals surface area contributed by atoms with Crippen LogP contribution < -0.4 is 5.34 Å². The van der Waals surface area contributed by atoms with E-state index in [-0.39, 0.29) is 25.1 Å². The fraction of sp³-hybridized carbons (Fsp3) is 0. The van der Waals surface area contributed by atoms with Crippen molar-refractivity contribution in [2.75, 3.05) is 0 Å². The van der Waals surface area contributed by atoms with Crippen LogP contribution in [0.5, 0.6) is 0 Å². The summed E-state index contributed by atoms with van der Waals surface area (Å²) < 4.78 is 0. The van der Waals surface area contributed by atoms with E-state index in [4.69, 9.17) is 10.1 Å². The summed E-state index contributed by atoms with van der Waals surface area (Å²) in [5, 5.41) is 8.38. The molecular formula is H4GaNO2. The molecule has 3 nitrogen and oxygen atoms in total. The van der Waals surface area contributed by atoms with E-state index in [1.165, 1.54) is 0 Å². The first-order chi connectivity index (χ1) is 1.41. The second-order valence-corrected chi connectivity index (χ2v) is 0.0833. The van der Waals surface area contributed by atoms with Gasteiger partial charge in [0.2, 0.25) is 0 Å². The van der Waals surface area contributed by atoms with Crippen molar-refractivity contribution in [3.8, 4) is 0 Å². The van der Waals surface area contributed by atoms with E-state index in [0.717, 1.165) is 0 Å². The Morgan fingerprint density at radius 1 is 1.75 bits per heavy atom. The van der Waals surface area contributed by atoms with Crippen LogP contribution in [-0.2, 0) is 0 Å². The Labute approximate surface area is 36.0 Å². The van der Waals surface area contributed by atoms with Crippen molar-refractivity contribution in [3.05, 3.63) is 10.1 Å². The molecule has 0 rings (SSSR count). The van der Waals surface area contributed by atoms with Gasteiger partial charge in [0.05, 0.1) is 0 Å². The molecule has 0 saturated heterocycles. The molecule has 0 radical (unpaired) electrons. The molecule has 0 heterocycles. The maximum absolute atomic E-state index is 8.12. The first-order valence-electron chi connectivity index (χ1n) is 0.408. The van der Waals surface area contributed by atoms with Gasteiger partial charge in [0, 0.05) is 5.34 Å². The summed E-state index contributed by atoms with van der Waals surface area (Å²) in [6.45, 7) is 0. The topological polar surface area (TPSA) is 54.1 Å². The minimum absolute atomic E-state index is 0. The molecule has 4 heavy (non-hydrogen) atoms. The van der Waals surface area contributed by atoms with Gasteiger partial charge in [-0.05, 0) is 0 Å². The van der Waals surface area contributed by atoms with Crippen molar-refractivity contribution in [2.45, 2.75) is 0 Å². The van der Waals surface area contributed by atoms with Crippen LogP contribution in [0.25, 0.3) is 0 Å². The average molecular weight is 120 g/mol. The van der Waals surface area contributed by atoms with Gasteiger partial charge >= 0.3 is 19.8 Å². The van der Waals surface area contributed by atoms with Gasteiger partial charge in [0.1, 0.15) is 0 Å². The Balaban J connectivity index is 0. The van der Waals surface area contributed by atoms with Gasteiger partial charge in [-0.3, -0.25) is 10.1 Å². The first-order valence-corrected chi connectivity index (χ1v) is 0.408. The van der Waals surface area contributed by atoms with Gasteiger partial charge in [-0.2, -0.15) is 0 Å². The molecule has 0 amide bonds. The van der Waals surface area contributed by atoms with E-state index in [1.807, 2.05) is 0 Å². The summed E-state index contributed by atoms with van der Waals surface area (Å²) >= 11 is 0. The van der Waals surface area contributed by atoms with Crippen LogP contribution in [0, 0.1) is 10.1 Å².